The fourth-order valence-electron chi connectivity index (χ4n) is 3.22. The fourth-order valence-corrected chi connectivity index (χ4v) is 3.35. The van der Waals surface area contributed by atoms with Crippen LogP contribution in [0, 0.1) is 0 Å². The Morgan fingerprint density at radius 2 is 1.90 bits per heavy atom. The summed E-state index contributed by atoms with van der Waals surface area (Å²) in [5, 5.41) is 7.97. The van der Waals surface area contributed by atoms with E-state index in [2.05, 4.69) is 10.4 Å². The molecule has 0 saturated heterocycles. The van der Waals surface area contributed by atoms with E-state index in [1.54, 1.807) is 38.5 Å². The van der Waals surface area contributed by atoms with Gasteiger partial charge in [0.1, 0.15) is 6.10 Å². The molecule has 1 aliphatic rings. The highest BCUT2D eigenvalue weighted by atomic mass is 35.5. The largest absolute Gasteiger partial charge is 0.493 e. The van der Waals surface area contributed by atoms with Gasteiger partial charge in [-0.25, -0.2) is 0 Å². The number of nitrogens with zero attached hydrogens (tertiary/aromatic N) is 2. The molecule has 4 rings (SSSR count). The quantitative estimate of drug-likeness (QED) is 0.682. The number of carbonyl (C=O) groups excluding carboxylic acids is 1. The minimum atomic E-state index is -0.304. The van der Waals surface area contributed by atoms with E-state index in [1.807, 2.05) is 28.9 Å². The normalized spacial score (nSPS) is 15.5. The van der Waals surface area contributed by atoms with Gasteiger partial charge in [-0.05, 0) is 35.9 Å². The van der Waals surface area contributed by atoms with Gasteiger partial charge in [0, 0.05) is 16.8 Å². The third-order valence-corrected chi connectivity index (χ3v) is 5.00. The Labute approximate surface area is 173 Å². The zero-order valence-electron chi connectivity index (χ0n) is 16.0. The zero-order chi connectivity index (χ0) is 20.4. The van der Waals surface area contributed by atoms with E-state index in [4.69, 9.17) is 25.8 Å². The molecule has 8 heteroatoms. The van der Waals surface area contributed by atoms with Crippen LogP contribution in [0.2, 0.25) is 5.02 Å². The molecule has 0 radical (unpaired) electrons. The van der Waals surface area contributed by atoms with Crippen LogP contribution in [0.3, 0.4) is 0 Å². The van der Waals surface area contributed by atoms with Crippen molar-refractivity contribution in [2.75, 3.05) is 19.5 Å². The Bertz CT molecular complexity index is 1030. The molecular formula is C21H20ClN3O4. The number of carbonyl (C=O) groups is 1. The molecule has 0 bridgehead atoms. The highest BCUT2D eigenvalue weighted by molar-refractivity contribution is 6.30. The molecule has 29 heavy (non-hydrogen) atoms. The van der Waals surface area contributed by atoms with E-state index in [-0.39, 0.29) is 12.0 Å². The predicted molar refractivity (Wildman–Crippen MR) is 109 cm³/mol. The van der Waals surface area contributed by atoms with Crippen molar-refractivity contribution in [1.82, 2.24) is 9.78 Å². The first-order valence-corrected chi connectivity index (χ1v) is 9.42. The molecule has 2 heterocycles. The predicted octanol–water partition coefficient (Wildman–Crippen LogP) is 4.08. The van der Waals surface area contributed by atoms with Gasteiger partial charge in [0.2, 0.25) is 0 Å². The number of methoxy groups -OCH3 is 2. The van der Waals surface area contributed by atoms with Crippen LogP contribution in [0.5, 0.6) is 11.5 Å². The standard InChI is InChI=1S/C21H20ClN3O4/c1-27-18-8-7-15(9-19(18)28-2)23-21(26)17-10-16-12-29-20(11-25(16)24-17)13-3-5-14(22)6-4-13/h3-10,20H,11-12H2,1-2H3,(H,23,26)/t20-/m1/s1. The molecule has 1 atom stereocenters. The summed E-state index contributed by atoms with van der Waals surface area (Å²) in [6.07, 6.45) is -0.138. The number of rotatable bonds is 5. The lowest BCUT2D eigenvalue weighted by Crippen LogP contribution is -2.22. The number of anilines is 1. The van der Waals surface area contributed by atoms with Crippen molar-refractivity contribution in [2.24, 2.45) is 0 Å². The van der Waals surface area contributed by atoms with Gasteiger partial charge in [-0.3, -0.25) is 9.48 Å². The number of halogens is 1. The summed E-state index contributed by atoms with van der Waals surface area (Å²) in [7, 11) is 3.11. The van der Waals surface area contributed by atoms with E-state index >= 15 is 0 Å². The number of ether oxygens (including phenoxy) is 3. The van der Waals surface area contributed by atoms with Gasteiger partial charge in [0.25, 0.3) is 5.91 Å². The highest BCUT2D eigenvalue weighted by Gasteiger charge is 2.24. The number of hydrogen-bond acceptors (Lipinski definition) is 5. The summed E-state index contributed by atoms with van der Waals surface area (Å²) < 4.78 is 18.2. The molecule has 1 amide bonds. The Morgan fingerprint density at radius 3 is 2.62 bits per heavy atom. The number of amides is 1. The number of aromatic nitrogens is 2. The van der Waals surface area contributed by atoms with Crippen molar-refractivity contribution in [1.29, 1.82) is 0 Å². The van der Waals surface area contributed by atoms with Crippen LogP contribution in [-0.2, 0) is 17.9 Å². The van der Waals surface area contributed by atoms with E-state index in [0.29, 0.717) is 41.1 Å². The van der Waals surface area contributed by atoms with Crippen molar-refractivity contribution in [3.05, 3.63) is 70.5 Å². The average molecular weight is 414 g/mol. The Balaban J connectivity index is 1.48. The molecule has 0 aliphatic carbocycles. The van der Waals surface area contributed by atoms with Gasteiger partial charge in [-0.1, -0.05) is 23.7 Å². The minimum absolute atomic E-state index is 0.138. The molecule has 0 spiro atoms. The van der Waals surface area contributed by atoms with E-state index in [9.17, 15) is 4.79 Å². The second-order valence-corrected chi connectivity index (χ2v) is 7.01. The zero-order valence-corrected chi connectivity index (χ0v) is 16.8. The molecule has 1 aliphatic heterocycles. The SMILES string of the molecule is COc1ccc(NC(=O)c2cc3n(n2)C[C@H](c2ccc(Cl)cc2)OC3)cc1OC. The lowest BCUT2D eigenvalue weighted by atomic mass is 10.1. The van der Waals surface area contributed by atoms with Gasteiger partial charge >= 0.3 is 0 Å². The third kappa shape index (κ3) is 4.06. The van der Waals surface area contributed by atoms with E-state index in [0.717, 1.165) is 11.3 Å². The Kier molecular flexibility index (Phi) is 5.42. The summed E-state index contributed by atoms with van der Waals surface area (Å²) in [6.45, 7) is 0.907. The minimum Gasteiger partial charge on any atom is -0.493 e. The van der Waals surface area contributed by atoms with Crippen LogP contribution in [-0.4, -0.2) is 29.9 Å². The monoisotopic (exact) mass is 413 g/mol. The molecule has 0 unspecified atom stereocenters. The van der Waals surface area contributed by atoms with Crippen LogP contribution in [0.1, 0.15) is 27.8 Å². The fraction of sp³-hybridized carbons (Fsp3) is 0.238. The molecule has 1 aromatic heterocycles. The van der Waals surface area contributed by atoms with Crippen molar-refractivity contribution < 1.29 is 19.0 Å². The van der Waals surface area contributed by atoms with Crippen LogP contribution >= 0.6 is 11.6 Å². The van der Waals surface area contributed by atoms with Gasteiger partial charge in [0.15, 0.2) is 17.2 Å². The van der Waals surface area contributed by atoms with Crippen LogP contribution in [0.15, 0.2) is 48.5 Å². The summed E-state index contributed by atoms with van der Waals surface area (Å²) in [4.78, 5) is 12.7. The summed E-state index contributed by atoms with van der Waals surface area (Å²) in [5.41, 5.74) is 2.80. The average Bonchev–Trinajstić information content (AvgIpc) is 3.17. The molecule has 3 aromatic rings. The van der Waals surface area contributed by atoms with Crippen LogP contribution < -0.4 is 14.8 Å². The Morgan fingerprint density at radius 1 is 1.14 bits per heavy atom. The number of fused-ring (bicyclic) bond motifs is 1. The van der Waals surface area contributed by atoms with Gasteiger partial charge < -0.3 is 19.5 Å². The smallest absolute Gasteiger partial charge is 0.276 e. The van der Waals surface area contributed by atoms with Gasteiger partial charge in [-0.15, -0.1) is 0 Å². The maximum Gasteiger partial charge on any atom is 0.276 e. The number of nitrogens with one attached hydrogen (secondary N) is 1. The topological polar surface area (TPSA) is 74.6 Å². The molecule has 0 saturated carbocycles. The van der Waals surface area contributed by atoms with Crippen LogP contribution in [0.4, 0.5) is 5.69 Å². The lowest BCUT2D eigenvalue weighted by molar-refractivity contribution is -0.00118. The molecule has 7 nitrogen and oxygen atoms in total. The molecular weight excluding hydrogens is 394 g/mol. The Hall–Kier alpha value is -3.03. The summed E-state index contributed by atoms with van der Waals surface area (Å²) >= 11 is 5.95. The first kappa shape index (κ1) is 19.3. The van der Waals surface area contributed by atoms with Crippen LogP contribution in [0.25, 0.3) is 0 Å². The highest BCUT2D eigenvalue weighted by Crippen LogP contribution is 2.30. The first-order valence-electron chi connectivity index (χ1n) is 9.04. The van der Waals surface area contributed by atoms with Gasteiger partial charge in [-0.2, -0.15) is 5.10 Å². The first-order chi connectivity index (χ1) is 14.1. The molecule has 1 N–H and O–H groups in total. The maximum absolute atomic E-state index is 12.7. The lowest BCUT2D eigenvalue weighted by Gasteiger charge is -2.24. The number of hydrogen-bond donors (Lipinski definition) is 1. The summed E-state index contributed by atoms with van der Waals surface area (Å²) in [6, 6.07) is 14.5. The van der Waals surface area contributed by atoms with Crippen molar-refractivity contribution in [3.8, 4) is 11.5 Å². The van der Waals surface area contributed by atoms with Crippen molar-refractivity contribution >= 4 is 23.2 Å². The summed E-state index contributed by atoms with van der Waals surface area (Å²) in [5.74, 6) is 0.823. The van der Waals surface area contributed by atoms with E-state index in [1.165, 1.54) is 0 Å². The maximum atomic E-state index is 12.7. The number of benzene rings is 2. The molecule has 2 aromatic carbocycles. The van der Waals surface area contributed by atoms with Gasteiger partial charge in [0.05, 0.1) is 33.1 Å². The third-order valence-electron chi connectivity index (χ3n) is 4.75. The van der Waals surface area contributed by atoms with Crippen molar-refractivity contribution in [3.63, 3.8) is 0 Å². The van der Waals surface area contributed by atoms with Crippen molar-refractivity contribution in [2.45, 2.75) is 19.3 Å². The molecule has 150 valence electrons. The second kappa shape index (κ2) is 8.14. The molecule has 0 fully saturated rings. The van der Waals surface area contributed by atoms with E-state index < -0.39 is 0 Å². The second-order valence-electron chi connectivity index (χ2n) is 6.58.